The van der Waals surface area contributed by atoms with E-state index < -0.39 is 0 Å². The fourth-order valence-electron chi connectivity index (χ4n) is 5.46. The van der Waals surface area contributed by atoms with Crippen LogP contribution in [-0.2, 0) is 6.54 Å². The smallest absolute Gasteiger partial charge is 0.212 e. The molecule has 2 unspecified atom stereocenters. The lowest BCUT2D eigenvalue weighted by Crippen LogP contribution is -2.68. The Morgan fingerprint density at radius 1 is 1.18 bits per heavy atom. The number of allylic oxidation sites excluding steroid dienone is 1. The van der Waals surface area contributed by atoms with Crippen LogP contribution >= 0.6 is 0 Å². The predicted octanol–water partition coefficient (Wildman–Crippen LogP) is 2.74. The summed E-state index contributed by atoms with van der Waals surface area (Å²) in [6.45, 7) is 2.73. The molecule has 3 aliphatic rings. The van der Waals surface area contributed by atoms with Crippen LogP contribution in [0.5, 0.6) is 5.88 Å². The zero-order chi connectivity index (χ0) is 26.9. The molecule has 11 nitrogen and oxygen atoms in total. The third-order valence-corrected chi connectivity index (χ3v) is 7.43. The SMILES string of the molecule is CN/C=C(\C=N)c1cn2ncc(C#N)c2c(-c2ccc(N3CC4CC(C3)N4Cc3ccc(OC)nc3)nc2)n1. The number of piperazine rings is 1. The van der Waals surface area contributed by atoms with Gasteiger partial charge in [-0.15, -0.1) is 0 Å². The van der Waals surface area contributed by atoms with Crippen LogP contribution < -0.4 is 15.0 Å². The first-order chi connectivity index (χ1) is 19.1. The van der Waals surface area contributed by atoms with Crippen molar-refractivity contribution < 1.29 is 4.74 Å². The first kappa shape index (κ1) is 24.5. The molecular weight excluding hydrogens is 492 g/mol. The lowest BCUT2D eigenvalue weighted by molar-refractivity contribution is -0.00876. The molecule has 3 aliphatic heterocycles. The van der Waals surface area contributed by atoms with Crippen LogP contribution in [0.2, 0.25) is 0 Å². The molecule has 0 amide bonds. The quantitative estimate of drug-likeness (QED) is 0.337. The van der Waals surface area contributed by atoms with Crippen molar-refractivity contribution in [3.05, 3.63) is 72.1 Å². The van der Waals surface area contributed by atoms with Crippen molar-refractivity contribution in [2.75, 3.05) is 32.1 Å². The molecule has 0 aliphatic carbocycles. The predicted molar refractivity (Wildman–Crippen MR) is 147 cm³/mol. The van der Waals surface area contributed by atoms with Crippen molar-refractivity contribution in [1.29, 1.82) is 10.7 Å². The van der Waals surface area contributed by atoms with Crippen molar-refractivity contribution in [1.82, 2.24) is 34.8 Å². The Morgan fingerprint density at radius 2 is 2.03 bits per heavy atom. The van der Waals surface area contributed by atoms with Gasteiger partial charge in [-0.2, -0.15) is 10.4 Å². The molecule has 39 heavy (non-hydrogen) atoms. The lowest BCUT2D eigenvalue weighted by Gasteiger charge is -2.56. The van der Waals surface area contributed by atoms with Gasteiger partial charge in [0.15, 0.2) is 0 Å². The Balaban J connectivity index is 1.23. The third kappa shape index (κ3) is 4.45. The van der Waals surface area contributed by atoms with Gasteiger partial charge < -0.3 is 20.4 Å². The summed E-state index contributed by atoms with van der Waals surface area (Å²) < 4.78 is 6.81. The molecule has 3 saturated heterocycles. The maximum atomic E-state index is 9.66. The van der Waals surface area contributed by atoms with E-state index in [0.29, 0.717) is 46.0 Å². The van der Waals surface area contributed by atoms with E-state index in [-0.39, 0.29) is 0 Å². The van der Waals surface area contributed by atoms with Gasteiger partial charge in [0.25, 0.3) is 0 Å². The summed E-state index contributed by atoms with van der Waals surface area (Å²) in [5, 5.41) is 24.8. The molecule has 2 bridgehead atoms. The first-order valence-corrected chi connectivity index (χ1v) is 12.7. The van der Waals surface area contributed by atoms with Crippen LogP contribution in [0, 0.1) is 16.7 Å². The van der Waals surface area contributed by atoms with Crippen molar-refractivity contribution in [2.24, 2.45) is 0 Å². The zero-order valence-electron chi connectivity index (χ0n) is 21.7. The summed E-state index contributed by atoms with van der Waals surface area (Å²) in [7, 11) is 3.40. The van der Waals surface area contributed by atoms with E-state index in [0.717, 1.165) is 31.0 Å². The highest BCUT2D eigenvalue weighted by Gasteiger charge is 2.44. The van der Waals surface area contributed by atoms with Crippen molar-refractivity contribution in [3.63, 3.8) is 0 Å². The number of ether oxygens (including phenoxy) is 1. The molecule has 11 heteroatoms. The summed E-state index contributed by atoms with van der Waals surface area (Å²) in [6, 6.07) is 11.2. The molecule has 3 fully saturated rings. The molecule has 4 aromatic rings. The fourth-order valence-corrected chi connectivity index (χ4v) is 5.46. The summed E-state index contributed by atoms with van der Waals surface area (Å²) in [5.41, 5.74) is 4.80. The summed E-state index contributed by atoms with van der Waals surface area (Å²) in [5.74, 6) is 1.56. The second kappa shape index (κ2) is 10.2. The van der Waals surface area contributed by atoms with Gasteiger partial charge in [-0.05, 0) is 24.1 Å². The van der Waals surface area contributed by atoms with Crippen LogP contribution in [0.4, 0.5) is 5.82 Å². The van der Waals surface area contributed by atoms with Crippen LogP contribution in [0.3, 0.4) is 0 Å². The van der Waals surface area contributed by atoms with Gasteiger partial charge in [0.2, 0.25) is 5.88 Å². The molecule has 0 saturated carbocycles. The van der Waals surface area contributed by atoms with E-state index in [2.05, 4.69) is 37.3 Å². The molecule has 2 atom stereocenters. The maximum Gasteiger partial charge on any atom is 0.212 e. The van der Waals surface area contributed by atoms with E-state index in [1.54, 1.807) is 31.1 Å². The standard InChI is InChI=1S/C28H28N10O/c1-31-11-20(8-29)24-17-38-28(21(9-30)13-34-38)27(35-24)19-4-5-25(32-12-19)36-15-22-7-23(16-36)37(22)14-18-3-6-26(39-2)33-10-18/h3-6,8,10-13,17,22-23,29,31H,7,14-16H2,1-2H3/b20-11+,29-8?. The Hall–Kier alpha value is -4.82. The Kier molecular flexibility index (Phi) is 6.38. The summed E-state index contributed by atoms with van der Waals surface area (Å²) in [4.78, 5) is 18.8. The second-order valence-electron chi connectivity index (χ2n) is 9.71. The van der Waals surface area contributed by atoms with Gasteiger partial charge in [0.05, 0.1) is 30.9 Å². The number of piperidine rings is 1. The molecule has 0 aromatic carbocycles. The number of fused-ring (bicyclic) bond motifs is 3. The molecule has 4 aromatic heterocycles. The van der Waals surface area contributed by atoms with Crippen molar-refractivity contribution in [3.8, 4) is 23.2 Å². The number of nitrogens with one attached hydrogen (secondary N) is 2. The number of hydrogen-bond donors (Lipinski definition) is 2. The van der Waals surface area contributed by atoms with Crippen LogP contribution in [0.1, 0.15) is 23.2 Å². The number of methoxy groups -OCH3 is 1. The van der Waals surface area contributed by atoms with Gasteiger partial charge in [0.1, 0.15) is 23.0 Å². The average molecular weight is 521 g/mol. The number of aromatic nitrogens is 5. The first-order valence-electron chi connectivity index (χ1n) is 12.7. The van der Waals surface area contributed by atoms with E-state index in [4.69, 9.17) is 20.1 Å². The van der Waals surface area contributed by atoms with Gasteiger partial charge >= 0.3 is 0 Å². The summed E-state index contributed by atoms with van der Waals surface area (Å²) >= 11 is 0. The number of nitrogens with zero attached hydrogens (tertiary/aromatic N) is 8. The normalized spacial score (nSPS) is 18.9. The van der Waals surface area contributed by atoms with E-state index >= 15 is 0 Å². The molecule has 2 N–H and O–H groups in total. The average Bonchev–Trinajstić information content (AvgIpc) is 3.42. The van der Waals surface area contributed by atoms with E-state index in [1.807, 2.05) is 30.6 Å². The highest BCUT2D eigenvalue weighted by atomic mass is 16.5. The number of pyridine rings is 2. The minimum absolute atomic E-state index is 0.436. The number of hydrogen-bond acceptors (Lipinski definition) is 10. The van der Waals surface area contributed by atoms with Crippen LogP contribution in [0.25, 0.3) is 22.3 Å². The summed E-state index contributed by atoms with van der Waals surface area (Å²) in [6.07, 6.45) is 11.1. The minimum atomic E-state index is 0.436. The molecule has 7 heterocycles. The van der Waals surface area contributed by atoms with Crippen molar-refractivity contribution >= 4 is 23.1 Å². The topological polar surface area (TPSA) is 131 Å². The molecule has 0 spiro atoms. The highest BCUT2D eigenvalue weighted by Crippen LogP contribution is 2.36. The zero-order valence-corrected chi connectivity index (χ0v) is 21.7. The molecule has 0 radical (unpaired) electrons. The Labute approximate surface area is 225 Å². The number of nitriles is 1. The second-order valence-corrected chi connectivity index (χ2v) is 9.71. The fraction of sp³-hybridized carbons (Fsp3) is 0.286. The largest absolute Gasteiger partial charge is 0.481 e. The third-order valence-electron chi connectivity index (χ3n) is 7.43. The van der Waals surface area contributed by atoms with Crippen LogP contribution in [0.15, 0.2) is 55.3 Å². The molecule has 196 valence electrons. The van der Waals surface area contributed by atoms with Crippen LogP contribution in [-0.4, -0.2) is 75.0 Å². The minimum Gasteiger partial charge on any atom is -0.481 e. The van der Waals surface area contributed by atoms with Gasteiger partial charge in [-0.25, -0.2) is 19.5 Å². The van der Waals surface area contributed by atoms with Crippen molar-refractivity contribution in [2.45, 2.75) is 25.0 Å². The van der Waals surface area contributed by atoms with Gasteiger partial charge in [0, 0.05) is 80.8 Å². The number of rotatable bonds is 8. The van der Waals surface area contributed by atoms with E-state index in [9.17, 15) is 5.26 Å². The molecular formula is C28H28N10O. The number of anilines is 1. The highest BCUT2D eigenvalue weighted by molar-refractivity contribution is 6.07. The Bertz CT molecular complexity index is 1570. The monoisotopic (exact) mass is 520 g/mol. The maximum absolute atomic E-state index is 9.66. The molecule has 7 rings (SSSR count). The lowest BCUT2D eigenvalue weighted by atomic mass is 9.87. The van der Waals surface area contributed by atoms with Gasteiger partial charge in [-0.1, -0.05) is 6.07 Å². The van der Waals surface area contributed by atoms with E-state index in [1.165, 1.54) is 24.4 Å². The van der Waals surface area contributed by atoms with Gasteiger partial charge in [-0.3, -0.25) is 4.90 Å². The Morgan fingerprint density at radius 3 is 2.67 bits per heavy atom.